The summed E-state index contributed by atoms with van der Waals surface area (Å²) in [5, 5.41) is 10.5. The van der Waals surface area contributed by atoms with Crippen LogP contribution in [0.2, 0.25) is 0 Å². The van der Waals surface area contributed by atoms with Gasteiger partial charge in [0, 0.05) is 6.20 Å². The van der Waals surface area contributed by atoms with E-state index in [1.807, 2.05) is 29.6 Å². The largest absolute Gasteiger partial charge is 0.481 e. The molecule has 3 nitrogen and oxygen atoms in total. The third kappa shape index (κ3) is 2.41. The molecule has 0 atom stereocenters. The predicted octanol–water partition coefficient (Wildman–Crippen LogP) is 2.44. The molecule has 76 valence electrons. The molecule has 2 rings (SSSR count). The van der Waals surface area contributed by atoms with Crippen molar-refractivity contribution in [1.82, 2.24) is 4.98 Å². The van der Waals surface area contributed by atoms with E-state index in [9.17, 15) is 4.79 Å². The van der Waals surface area contributed by atoms with Crippen LogP contribution in [-0.4, -0.2) is 16.1 Å². The lowest BCUT2D eigenvalue weighted by Crippen LogP contribution is -1.97. The van der Waals surface area contributed by atoms with Crippen LogP contribution >= 0.6 is 11.3 Å². The van der Waals surface area contributed by atoms with Crippen LogP contribution in [0.25, 0.3) is 10.6 Å². The van der Waals surface area contributed by atoms with Crippen LogP contribution in [0.4, 0.5) is 0 Å². The van der Waals surface area contributed by atoms with E-state index in [1.165, 1.54) is 11.3 Å². The molecule has 0 amide bonds. The fourth-order valence-electron chi connectivity index (χ4n) is 1.29. The van der Waals surface area contributed by atoms with Crippen molar-refractivity contribution in [2.45, 2.75) is 6.42 Å². The quantitative estimate of drug-likeness (QED) is 0.862. The van der Waals surface area contributed by atoms with Gasteiger partial charge in [-0.2, -0.15) is 0 Å². The van der Waals surface area contributed by atoms with Gasteiger partial charge in [0.05, 0.1) is 17.0 Å². The standard InChI is InChI=1S/C11H9NO2S/c13-11(14)6-8-5-10(15-7-8)9-3-1-2-4-12-9/h1-5,7H,6H2,(H,13,14). The maximum atomic E-state index is 10.5. The smallest absolute Gasteiger partial charge is 0.307 e. The number of rotatable bonds is 3. The molecule has 0 spiro atoms. The van der Waals surface area contributed by atoms with E-state index >= 15 is 0 Å². The van der Waals surface area contributed by atoms with Crippen molar-refractivity contribution in [2.24, 2.45) is 0 Å². The van der Waals surface area contributed by atoms with Gasteiger partial charge < -0.3 is 5.11 Å². The van der Waals surface area contributed by atoms with Crippen molar-refractivity contribution in [3.8, 4) is 10.6 Å². The van der Waals surface area contributed by atoms with Gasteiger partial charge in [-0.15, -0.1) is 11.3 Å². The molecular weight excluding hydrogens is 210 g/mol. The monoisotopic (exact) mass is 219 g/mol. The Hall–Kier alpha value is -1.68. The highest BCUT2D eigenvalue weighted by Gasteiger charge is 2.05. The lowest BCUT2D eigenvalue weighted by Gasteiger charge is -1.93. The van der Waals surface area contributed by atoms with Crippen LogP contribution in [-0.2, 0) is 11.2 Å². The third-order valence-electron chi connectivity index (χ3n) is 1.93. The SMILES string of the molecule is O=C(O)Cc1csc(-c2ccccn2)c1. The minimum absolute atomic E-state index is 0.0728. The molecule has 0 saturated heterocycles. The van der Waals surface area contributed by atoms with E-state index in [4.69, 9.17) is 5.11 Å². The molecule has 4 heteroatoms. The summed E-state index contributed by atoms with van der Waals surface area (Å²) in [6, 6.07) is 7.56. The molecule has 0 bridgehead atoms. The van der Waals surface area contributed by atoms with E-state index < -0.39 is 5.97 Å². The van der Waals surface area contributed by atoms with Crippen LogP contribution in [0.5, 0.6) is 0 Å². The molecule has 0 unspecified atom stereocenters. The average Bonchev–Trinajstić information content (AvgIpc) is 2.67. The van der Waals surface area contributed by atoms with Crippen molar-refractivity contribution in [3.05, 3.63) is 41.4 Å². The van der Waals surface area contributed by atoms with Gasteiger partial charge in [-0.25, -0.2) is 0 Å². The molecule has 1 N–H and O–H groups in total. The fraction of sp³-hybridized carbons (Fsp3) is 0.0909. The summed E-state index contributed by atoms with van der Waals surface area (Å²) in [4.78, 5) is 15.7. The first kappa shape index (κ1) is 9.86. The molecule has 0 saturated carbocycles. The van der Waals surface area contributed by atoms with E-state index in [0.29, 0.717) is 0 Å². The number of aromatic nitrogens is 1. The zero-order chi connectivity index (χ0) is 10.7. The second kappa shape index (κ2) is 4.23. The van der Waals surface area contributed by atoms with Crippen LogP contribution < -0.4 is 0 Å². The van der Waals surface area contributed by atoms with Crippen molar-refractivity contribution in [3.63, 3.8) is 0 Å². The van der Waals surface area contributed by atoms with Crippen molar-refractivity contribution < 1.29 is 9.90 Å². The molecular formula is C11H9NO2S. The average molecular weight is 219 g/mol. The lowest BCUT2D eigenvalue weighted by molar-refractivity contribution is -0.136. The summed E-state index contributed by atoms with van der Waals surface area (Å²) in [6.07, 6.45) is 1.80. The Balaban J connectivity index is 2.24. The first-order valence-electron chi connectivity index (χ1n) is 4.46. The van der Waals surface area contributed by atoms with Gasteiger partial charge >= 0.3 is 5.97 Å². The number of hydrogen-bond acceptors (Lipinski definition) is 3. The van der Waals surface area contributed by atoms with E-state index in [1.54, 1.807) is 6.20 Å². The van der Waals surface area contributed by atoms with Crippen LogP contribution in [0.3, 0.4) is 0 Å². The van der Waals surface area contributed by atoms with Crippen LogP contribution in [0.15, 0.2) is 35.8 Å². The van der Waals surface area contributed by atoms with Crippen LogP contribution in [0.1, 0.15) is 5.56 Å². The summed E-state index contributed by atoms with van der Waals surface area (Å²) >= 11 is 1.52. The first-order chi connectivity index (χ1) is 7.25. The molecule has 0 aromatic carbocycles. The number of aliphatic carboxylic acids is 1. The van der Waals surface area contributed by atoms with E-state index in [-0.39, 0.29) is 6.42 Å². The highest BCUT2D eigenvalue weighted by atomic mass is 32.1. The number of pyridine rings is 1. The molecule has 0 radical (unpaired) electrons. The van der Waals surface area contributed by atoms with Crippen molar-refractivity contribution in [2.75, 3.05) is 0 Å². The molecule has 2 aromatic rings. The Bertz CT molecular complexity index is 464. The lowest BCUT2D eigenvalue weighted by atomic mass is 10.2. The number of carboxylic acid groups (broad SMARTS) is 1. The van der Waals surface area contributed by atoms with Gasteiger partial charge in [0.15, 0.2) is 0 Å². The molecule has 0 aliphatic heterocycles. The Morgan fingerprint density at radius 3 is 3.00 bits per heavy atom. The summed E-state index contributed by atoms with van der Waals surface area (Å²) < 4.78 is 0. The Labute approximate surface area is 91.0 Å². The Morgan fingerprint density at radius 1 is 1.47 bits per heavy atom. The van der Waals surface area contributed by atoms with Gasteiger partial charge in [-0.05, 0) is 29.1 Å². The minimum Gasteiger partial charge on any atom is -0.481 e. The molecule has 15 heavy (non-hydrogen) atoms. The molecule has 0 aliphatic carbocycles. The van der Waals surface area contributed by atoms with Crippen LogP contribution in [0, 0.1) is 0 Å². The number of nitrogens with zero attached hydrogens (tertiary/aromatic N) is 1. The second-order valence-corrected chi connectivity index (χ2v) is 4.02. The normalized spacial score (nSPS) is 10.1. The first-order valence-corrected chi connectivity index (χ1v) is 5.34. The number of carbonyl (C=O) groups is 1. The number of thiophene rings is 1. The molecule has 2 aromatic heterocycles. The Kier molecular flexibility index (Phi) is 2.78. The zero-order valence-electron chi connectivity index (χ0n) is 7.88. The zero-order valence-corrected chi connectivity index (χ0v) is 8.70. The van der Waals surface area contributed by atoms with Gasteiger partial charge in [-0.1, -0.05) is 6.07 Å². The maximum absolute atomic E-state index is 10.5. The highest BCUT2D eigenvalue weighted by Crippen LogP contribution is 2.25. The van der Waals surface area contributed by atoms with E-state index in [0.717, 1.165) is 16.1 Å². The molecule has 0 fully saturated rings. The summed E-state index contributed by atoms with van der Waals surface area (Å²) in [5.74, 6) is -0.805. The Morgan fingerprint density at radius 2 is 2.33 bits per heavy atom. The second-order valence-electron chi connectivity index (χ2n) is 3.10. The van der Waals surface area contributed by atoms with Gasteiger partial charge in [-0.3, -0.25) is 9.78 Å². The number of carboxylic acids is 1. The van der Waals surface area contributed by atoms with Gasteiger partial charge in [0.1, 0.15) is 0 Å². The maximum Gasteiger partial charge on any atom is 0.307 e. The topological polar surface area (TPSA) is 50.2 Å². The third-order valence-corrected chi connectivity index (χ3v) is 2.93. The molecule has 2 heterocycles. The van der Waals surface area contributed by atoms with Crippen molar-refractivity contribution >= 4 is 17.3 Å². The summed E-state index contributed by atoms with van der Waals surface area (Å²) in [5.41, 5.74) is 1.72. The summed E-state index contributed by atoms with van der Waals surface area (Å²) in [7, 11) is 0. The number of hydrogen-bond donors (Lipinski definition) is 1. The van der Waals surface area contributed by atoms with E-state index in [2.05, 4.69) is 4.98 Å². The fourth-order valence-corrected chi connectivity index (χ4v) is 2.18. The van der Waals surface area contributed by atoms with Crippen molar-refractivity contribution in [1.29, 1.82) is 0 Å². The molecule has 0 aliphatic rings. The summed E-state index contributed by atoms with van der Waals surface area (Å²) in [6.45, 7) is 0. The predicted molar refractivity (Wildman–Crippen MR) is 58.9 cm³/mol. The van der Waals surface area contributed by atoms with Gasteiger partial charge in [0.25, 0.3) is 0 Å². The highest BCUT2D eigenvalue weighted by molar-refractivity contribution is 7.13. The minimum atomic E-state index is -0.805. The van der Waals surface area contributed by atoms with Gasteiger partial charge in [0.2, 0.25) is 0 Å².